The number of hydrogen-bond acceptors (Lipinski definition) is 3. The summed E-state index contributed by atoms with van der Waals surface area (Å²) >= 11 is 0. The van der Waals surface area contributed by atoms with Crippen molar-refractivity contribution in [2.24, 2.45) is 0 Å². The van der Waals surface area contributed by atoms with E-state index in [1.165, 1.54) is 6.42 Å². The molecule has 0 aliphatic carbocycles. The SMILES string of the molecule is Cc1ccc(C(=O)Nc2cnn(CC3CCCCO3)c2)cc1. The summed E-state index contributed by atoms with van der Waals surface area (Å²) in [6.07, 6.45) is 7.19. The van der Waals surface area contributed by atoms with Gasteiger partial charge < -0.3 is 10.1 Å². The largest absolute Gasteiger partial charge is 0.376 e. The van der Waals surface area contributed by atoms with Gasteiger partial charge in [-0.25, -0.2) is 0 Å². The number of anilines is 1. The lowest BCUT2D eigenvalue weighted by molar-refractivity contribution is 0.00401. The topological polar surface area (TPSA) is 56.2 Å². The number of carbonyl (C=O) groups excluding carboxylic acids is 1. The van der Waals surface area contributed by atoms with Gasteiger partial charge in [-0.2, -0.15) is 5.10 Å². The van der Waals surface area contributed by atoms with E-state index in [0.717, 1.165) is 31.6 Å². The second kappa shape index (κ2) is 6.75. The number of benzene rings is 1. The highest BCUT2D eigenvalue weighted by molar-refractivity contribution is 6.04. The van der Waals surface area contributed by atoms with E-state index < -0.39 is 0 Å². The second-order valence-corrected chi connectivity index (χ2v) is 5.76. The van der Waals surface area contributed by atoms with Crippen LogP contribution in [0.1, 0.15) is 35.2 Å². The van der Waals surface area contributed by atoms with Crippen LogP contribution in [0.15, 0.2) is 36.7 Å². The molecule has 3 rings (SSSR count). The van der Waals surface area contributed by atoms with Gasteiger partial charge in [-0.15, -0.1) is 0 Å². The Kier molecular flexibility index (Phi) is 4.53. The van der Waals surface area contributed by atoms with Gasteiger partial charge in [0.15, 0.2) is 0 Å². The highest BCUT2D eigenvalue weighted by Gasteiger charge is 2.15. The number of aryl methyl sites for hydroxylation is 1. The summed E-state index contributed by atoms with van der Waals surface area (Å²) in [5, 5.41) is 7.17. The van der Waals surface area contributed by atoms with Crippen LogP contribution < -0.4 is 5.32 Å². The van der Waals surface area contributed by atoms with Crippen molar-refractivity contribution in [2.75, 3.05) is 11.9 Å². The fourth-order valence-electron chi connectivity index (χ4n) is 2.60. The molecule has 5 heteroatoms. The molecule has 1 amide bonds. The fourth-order valence-corrected chi connectivity index (χ4v) is 2.60. The fraction of sp³-hybridized carbons (Fsp3) is 0.412. The summed E-state index contributed by atoms with van der Waals surface area (Å²) in [6.45, 7) is 3.57. The Morgan fingerprint density at radius 3 is 2.91 bits per heavy atom. The van der Waals surface area contributed by atoms with E-state index in [1.807, 2.05) is 42.1 Å². The highest BCUT2D eigenvalue weighted by atomic mass is 16.5. The van der Waals surface area contributed by atoms with Crippen molar-refractivity contribution in [3.63, 3.8) is 0 Å². The Hall–Kier alpha value is -2.14. The van der Waals surface area contributed by atoms with Crippen LogP contribution in [0, 0.1) is 6.92 Å². The van der Waals surface area contributed by atoms with Gasteiger partial charge >= 0.3 is 0 Å². The summed E-state index contributed by atoms with van der Waals surface area (Å²) in [5.74, 6) is -0.117. The number of ether oxygens (including phenoxy) is 1. The number of aromatic nitrogens is 2. The molecular weight excluding hydrogens is 278 g/mol. The van der Waals surface area contributed by atoms with Crippen molar-refractivity contribution in [1.82, 2.24) is 9.78 Å². The number of rotatable bonds is 4. The summed E-state index contributed by atoms with van der Waals surface area (Å²) in [7, 11) is 0. The zero-order valence-electron chi connectivity index (χ0n) is 12.8. The van der Waals surface area contributed by atoms with Gasteiger partial charge in [-0.3, -0.25) is 9.48 Å². The van der Waals surface area contributed by atoms with E-state index in [4.69, 9.17) is 4.74 Å². The van der Waals surface area contributed by atoms with Crippen LogP contribution in [0.25, 0.3) is 0 Å². The molecule has 116 valence electrons. The second-order valence-electron chi connectivity index (χ2n) is 5.76. The van der Waals surface area contributed by atoms with Crippen LogP contribution in [0.5, 0.6) is 0 Å². The zero-order chi connectivity index (χ0) is 15.4. The Morgan fingerprint density at radius 2 is 2.18 bits per heavy atom. The van der Waals surface area contributed by atoms with Crippen LogP contribution in [0.4, 0.5) is 5.69 Å². The van der Waals surface area contributed by atoms with Crippen molar-refractivity contribution in [3.05, 3.63) is 47.8 Å². The van der Waals surface area contributed by atoms with Crippen molar-refractivity contribution < 1.29 is 9.53 Å². The molecule has 0 spiro atoms. The lowest BCUT2D eigenvalue weighted by Gasteiger charge is -2.22. The summed E-state index contributed by atoms with van der Waals surface area (Å²) in [4.78, 5) is 12.2. The molecule has 2 aromatic rings. The van der Waals surface area contributed by atoms with Crippen LogP contribution in [-0.2, 0) is 11.3 Å². The molecule has 1 aliphatic heterocycles. The Labute approximate surface area is 130 Å². The first-order valence-corrected chi connectivity index (χ1v) is 7.73. The molecule has 1 aromatic heterocycles. The average molecular weight is 299 g/mol. The zero-order valence-corrected chi connectivity index (χ0v) is 12.8. The minimum absolute atomic E-state index is 0.117. The molecule has 1 aromatic carbocycles. The lowest BCUT2D eigenvalue weighted by atomic mass is 10.1. The number of amides is 1. The summed E-state index contributed by atoms with van der Waals surface area (Å²) in [6, 6.07) is 7.51. The van der Waals surface area contributed by atoms with Crippen LogP contribution in [0.3, 0.4) is 0 Å². The first-order valence-electron chi connectivity index (χ1n) is 7.73. The molecule has 1 aliphatic rings. The van der Waals surface area contributed by atoms with Gasteiger partial charge in [0.05, 0.1) is 24.5 Å². The van der Waals surface area contributed by atoms with Crippen molar-refractivity contribution in [2.45, 2.75) is 38.8 Å². The predicted octanol–water partition coefficient (Wildman–Crippen LogP) is 3.01. The van der Waals surface area contributed by atoms with Crippen molar-refractivity contribution in [1.29, 1.82) is 0 Å². The maximum absolute atomic E-state index is 12.2. The van der Waals surface area contributed by atoms with Crippen LogP contribution >= 0.6 is 0 Å². The minimum atomic E-state index is -0.117. The monoisotopic (exact) mass is 299 g/mol. The first-order chi connectivity index (χ1) is 10.7. The van der Waals surface area contributed by atoms with E-state index in [9.17, 15) is 4.79 Å². The molecular formula is C17H21N3O2. The molecule has 1 fully saturated rings. The third kappa shape index (κ3) is 3.74. The molecule has 1 N–H and O–H groups in total. The molecule has 0 radical (unpaired) electrons. The van der Waals surface area contributed by atoms with Gasteiger partial charge in [0.1, 0.15) is 0 Å². The van der Waals surface area contributed by atoms with Gasteiger partial charge in [-0.1, -0.05) is 17.7 Å². The van der Waals surface area contributed by atoms with Gasteiger partial charge in [0.25, 0.3) is 5.91 Å². The van der Waals surface area contributed by atoms with Gasteiger partial charge in [-0.05, 0) is 38.3 Å². The predicted molar refractivity (Wildman–Crippen MR) is 85.0 cm³/mol. The van der Waals surface area contributed by atoms with Crippen LogP contribution in [-0.4, -0.2) is 28.4 Å². The maximum Gasteiger partial charge on any atom is 0.255 e. The Bertz CT molecular complexity index is 628. The number of nitrogens with zero attached hydrogens (tertiary/aromatic N) is 2. The normalized spacial score (nSPS) is 18.1. The maximum atomic E-state index is 12.2. The molecule has 1 saturated heterocycles. The van der Waals surface area contributed by atoms with Crippen molar-refractivity contribution >= 4 is 11.6 Å². The minimum Gasteiger partial charge on any atom is -0.376 e. The summed E-state index contributed by atoms with van der Waals surface area (Å²) in [5.41, 5.74) is 2.49. The van der Waals surface area contributed by atoms with Crippen LogP contribution in [0.2, 0.25) is 0 Å². The third-order valence-electron chi connectivity index (χ3n) is 3.87. The lowest BCUT2D eigenvalue weighted by Crippen LogP contribution is -2.24. The third-order valence-corrected chi connectivity index (χ3v) is 3.87. The molecule has 0 saturated carbocycles. The molecule has 5 nitrogen and oxygen atoms in total. The van der Waals surface area contributed by atoms with E-state index in [0.29, 0.717) is 11.3 Å². The molecule has 1 atom stereocenters. The number of hydrogen-bond donors (Lipinski definition) is 1. The van der Waals surface area contributed by atoms with E-state index in [1.54, 1.807) is 6.20 Å². The number of nitrogens with one attached hydrogen (secondary N) is 1. The standard InChI is InChI=1S/C17H21N3O2/c1-13-5-7-14(8-6-13)17(21)19-15-10-18-20(11-15)12-16-4-2-3-9-22-16/h5-8,10-11,16H,2-4,9,12H2,1H3,(H,19,21). The number of carbonyl (C=O) groups is 1. The van der Waals surface area contributed by atoms with Gasteiger partial charge in [0.2, 0.25) is 0 Å². The molecule has 2 heterocycles. The van der Waals surface area contributed by atoms with E-state index >= 15 is 0 Å². The molecule has 22 heavy (non-hydrogen) atoms. The Balaban J connectivity index is 1.58. The smallest absolute Gasteiger partial charge is 0.255 e. The Morgan fingerprint density at radius 1 is 1.36 bits per heavy atom. The molecule has 1 unspecified atom stereocenters. The highest BCUT2D eigenvalue weighted by Crippen LogP contribution is 2.15. The van der Waals surface area contributed by atoms with E-state index in [2.05, 4.69) is 10.4 Å². The van der Waals surface area contributed by atoms with E-state index in [-0.39, 0.29) is 12.0 Å². The first kappa shape index (κ1) is 14.8. The summed E-state index contributed by atoms with van der Waals surface area (Å²) < 4.78 is 7.54. The average Bonchev–Trinajstić information content (AvgIpc) is 2.96. The van der Waals surface area contributed by atoms with Gasteiger partial charge in [0, 0.05) is 18.4 Å². The van der Waals surface area contributed by atoms with Crippen molar-refractivity contribution in [3.8, 4) is 0 Å². The molecule has 0 bridgehead atoms. The quantitative estimate of drug-likeness (QED) is 0.944.